The molecule has 3 heteroatoms. The lowest BCUT2D eigenvalue weighted by atomic mass is 9.82. The third-order valence-electron chi connectivity index (χ3n) is 6.07. The highest BCUT2D eigenvalue weighted by Crippen LogP contribution is 2.33. The summed E-state index contributed by atoms with van der Waals surface area (Å²) in [5.74, 6) is 0.159. The van der Waals surface area contributed by atoms with Gasteiger partial charge in [-0.1, -0.05) is 18.6 Å². The van der Waals surface area contributed by atoms with Crippen LogP contribution in [0.3, 0.4) is 0 Å². The number of carbonyl (C=O) groups is 1. The Balaban J connectivity index is 1.48. The summed E-state index contributed by atoms with van der Waals surface area (Å²) in [6.07, 6.45) is 9.57. The molecule has 2 bridgehead atoms. The number of piperidine rings is 2. The first-order chi connectivity index (χ1) is 10.7. The predicted octanol–water partition coefficient (Wildman–Crippen LogP) is 2.92. The predicted molar refractivity (Wildman–Crippen MR) is 88.1 cm³/mol. The van der Waals surface area contributed by atoms with E-state index >= 15 is 0 Å². The molecule has 3 atom stereocenters. The Bertz CT molecular complexity index is 569. The summed E-state index contributed by atoms with van der Waals surface area (Å²) in [7, 11) is 2.26. The quantitative estimate of drug-likeness (QED) is 0.910. The number of aryl methyl sites for hydroxylation is 1. The number of hydrogen-bond donors (Lipinski definition) is 1. The van der Waals surface area contributed by atoms with Gasteiger partial charge in [-0.15, -0.1) is 0 Å². The van der Waals surface area contributed by atoms with Crippen molar-refractivity contribution in [3.8, 4) is 0 Å². The topological polar surface area (TPSA) is 32.3 Å². The lowest BCUT2D eigenvalue weighted by molar-refractivity contribution is 0.0463. The maximum Gasteiger partial charge on any atom is 0.251 e. The lowest BCUT2D eigenvalue weighted by Crippen LogP contribution is -2.55. The Hall–Kier alpha value is -1.35. The molecule has 0 aromatic heterocycles. The largest absolute Gasteiger partial charge is 0.349 e. The van der Waals surface area contributed by atoms with E-state index in [1.165, 1.54) is 36.8 Å². The van der Waals surface area contributed by atoms with Crippen LogP contribution in [0.4, 0.5) is 0 Å². The molecule has 1 aliphatic carbocycles. The Morgan fingerprint density at radius 1 is 1.14 bits per heavy atom. The first-order valence-electron chi connectivity index (χ1n) is 8.86. The summed E-state index contributed by atoms with van der Waals surface area (Å²) in [5.41, 5.74) is 3.61. The molecular formula is C19H26N2O. The smallest absolute Gasteiger partial charge is 0.251 e. The fourth-order valence-corrected chi connectivity index (χ4v) is 4.83. The standard InChI is InChI=1S/C19H26N2O/c1-21-15-7-4-8-16(21)12-14(11-15)20-19(22)18-10-3-6-13-5-2-9-17(13)18/h3,6,10,14-16H,2,4-5,7-9,11-12H2,1H3,(H,20,22)/t14?,15-,16+. The molecule has 4 rings (SSSR count). The van der Waals surface area contributed by atoms with E-state index < -0.39 is 0 Å². The van der Waals surface area contributed by atoms with E-state index in [1.807, 2.05) is 12.1 Å². The van der Waals surface area contributed by atoms with Gasteiger partial charge in [0.05, 0.1) is 0 Å². The van der Waals surface area contributed by atoms with Crippen molar-refractivity contribution in [2.24, 2.45) is 0 Å². The van der Waals surface area contributed by atoms with Gasteiger partial charge in [0, 0.05) is 23.7 Å². The number of nitrogens with zero attached hydrogens (tertiary/aromatic N) is 1. The van der Waals surface area contributed by atoms with Crippen LogP contribution in [0.1, 0.15) is 60.0 Å². The van der Waals surface area contributed by atoms with Gasteiger partial charge in [0.25, 0.3) is 5.91 Å². The molecule has 3 aliphatic rings. The van der Waals surface area contributed by atoms with Crippen molar-refractivity contribution >= 4 is 5.91 Å². The molecule has 1 unspecified atom stereocenters. The van der Waals surface area contributed by atoms with Crippen LogP contribution in [0, 0.1) is 0 Å². The van der Waals surface area contributed by atoms with Gasteiger partial charge in [-0.2, -0.15) is 0 Å². The van der Waals surface area contributed by atoms with Gasteiger partial charge in [0.2, 0.25) is 0 Å². The molecule has 118 valence electrons. The van der Waals surface area contributed by atoms with Crippen molar-refractivity contribution < 1.29 is 4.79 Å². The summed E-state index contributed by atoms with van der Waals surface area (Å²) in [4.78, 5) is 15.3. The van der Waals surface area contributed by atoms with Crippen LogP contribution in [-0.4, -0.2) is 36.0 Å². The first-order valence-corrected chi connectivity index (χ1v) is 8.86. The second kappa shape index (κ2) is 5.69. The molecular weight excluding hydrogens is 272 g/mol. The van der Waals surface area contributed by atoms with Gasteiger partial charge >= 0.3 is 0 Å². The van der Waals surface area contributed by atoms with Crippen molar-refractivity contribution in [3.05, 3.63) is 34.9 Å². The van der Waals surface area contributed by atoms with Gasteiger partial charge in [-0.3, -0.25) is 4.79 Å². The minimum atomic E-state index is 0.159. The average molecular weight is 298 g/mol. The van der Waals surface area contributed by atoms with Crippen LogP contribution in [0.5, 0.6) is 0 Å². The lowest BCUT2D eigenvalue weighted by Gasteiger charge is -2.47. The van der Waals surface area contributed by atoms with Crippen molar-refractivity contribution in [1.82, 2.24) is 10.2 Å². The molecule has 2 saturated heterocycles. The summed E-state index contributed by atoms with van der Waals surface area (Å²) in [6, 6.07) is 7.92. The highest BCUT2D eigenvalue weighted by Gasteiger charge is 2.36. The maximum absolute atomic E-state index is 12.7. The van der Waals surface area contributed by atoms with Crippen LogP contribution in [0.25, 0.3) is 0 Å². The van der Waals surface area contributed by atoms with E-state index in [1.54, 1.807) is 0 Å². The summed E-state index contributed by atoms with van der Waals surface area (Å²) < 4.78 is 0. The van der Waals surface area contributed by atoms with Gasteiger partial charge in [0.1, 0.15) is 0 Å². The van der Waals surface area contributed by atoms with Gasteiger partial charge in [-0.25, -0.2) is 0 Å². The molecule has 2 heterocycles. The number of fused-ring (bicyclic) bond motifs is 3. The number of rotatable bonds is 2. The van der Waals surface area contributed by atoms with E-state index in [0.717, 1.165) is 31.2 Å². The molecule has 1 N–H and O–H groups in total. The third-order valence-corrected chi connectivity index (χ3v) is 6.07. The molecule has 1 aromatic rings. The Morgan fingerprint density at radius 3 is 2.68 bits per heavy atom. The molecule has 1 amide bonds. The number of benzene rings is 1. The van der Waals surface area contributed by atoms with Crippen LogP contribution < -0.4 is 5.32 Å². The summed E-state index contributed by atoms with van der Waals surface area (Å²) >= 11 is 0. The van der Waals surface area contributed by atoms with Crippen molar-refractivity contribution in [1.29, 1.82) is 0 Å². The fraction of sp³-hybridized carbons (Fsp3) is 0.632. The van der Waals surface area contributed by atoms with E-state index in [0.29, 0.717) is 18.1 Å². The first kappa shape index (κ1) is 14.3. The Labute approximate surface area is 133 Å². The van der Waals surface area contributed by atoms with Crippen LogP contribution in [0.15, 0.2) is 18.2 Å². The average Bonchev–Trinajstić information content (AvgIpc) is 2.96. The molecule has 2 fully saturated rings. The molecule has 22 heavy (non-hydrogen) atoms. The zero-order valence-corrected chi connectivity index (χ0v) is 13.5. The third kappa shape index (κ3) is 2.45. The van der Waals surface area contributed by atoms with Gasteiger partial charge in [-0.05, 0) is 69.2 Å². The number of nitrogens with one attached hydrogen (secondary N) is 1. The molecule has 1 aromatic carbocycles. The molecule has 2 aliphatic heterocycles. The van der Waals surface area contributed by atoms with Crippen LogP contribution >= 0.6 is 0 Å². The Kier molecular flexibility index (Phi) is 3.69. The van der Waals surface area contributed by atoms with Crippen molar-refractivity contribution in [2.75, 3.05) is 7.05 Å². The number of amides is 1. The molecule has 0 spiro atoms. The number of hydrogen-bond acceptors (Lipinski definition) is 2. The minimum absolute atomic E-state index is 0.159. The normalized spacial score (nSPS) is 30.9. The van der Waals surface area contributed by atoms with E-state index in [4.69, 9.17) is 0 Å². The number of carbonyl (C=O) groups excluding carboxylic acids is 1. The highest BCUT2D eigenvalue weighted by molar-refractivity contribution is 5.96. The highest BCUT2D eigenvalue weighted by atomic mass is 16.1. The summed E-state index contributed by atoms with van der Waals surface area (Å²) in [6.45, 7) is 0. The monoisotopic (exact) mass is 298 g/mol. The SMILES string of the molecule is CN1[C@@H]2CCC[C@H]1CC(NC(=O)c1cccc3c1CCC3)C2. The van der Waals surface area contributed by atoms with Crippen LogP contribution in [-0.2, 0) is 12.8 Å². The van der Waals surface area contributed by atoms with Crippen LogP contribution in [0.2, 0.25) is 0 Å². The van der Waals surface area contributed by atoms with Crippen molar-refractivity contribution in [3.63, 3.8) is 0 Å². The van der Waals surface area contributed by atoms with E-state index in [-0.39, 0.29) is 5.91 Å². The van der Waals surface area contributed by atoms with Gasteiger partial charge < -0.3 is 10.2 Å². The van der Waals surface area contributed by atoms with E-state index in [9.17, 15) is 4.79 Å². The fourth-order valence-electron chi connectivity index (χ4n) is 4.83. The zero-order chi connectivity index (χ0) is 15.1. The Morgan fingerprint density at radius 2 is 1.91 bits per heavy atom. The second-order valence-electron chi connectivity index (χ2n) is 7.34. The maximum atomic E-state index is 12.7. The van der Waals surface area contributed by atoms with E-state index in [2.05, 4.69) is 23.3 Å². The molecule has 0 saturated carbocycles. The van der Waals surface area contributed by atoms with Gasteiger partial charge in [0.15, 0.2) is 0 Å². The molecule has 3 nitrogen and oxygen atoms in total. The van der Waals surface area contributed by atoms with Crippen molar-refractivity contribution in [2.45, 2.75) is 69.5 Å². The summed E-state index contributed by atoms with van der Waals surface area (Å²) in [5, 5.41) is 3.35. The minimum Gasteiger partial charge on any atom is -0.349 e. The molecule has 0 radical (unpaired) electrons. The zero-order valence-electron chi connectivity index (χ0n) is 13.5. The second-order valence-corrected chi connectivity index (χ2v) is 7.34.